The van der Waals surface area contributed by atoms with Crippen molar-refractivity contribution < 1.29 is 18.0 Å². The zero-order chi connectivity index (χ0) is 13.1. The van der Waals surface area contributed by atoms with Crippen LogP contribution in [0.25, 0.3) is 0 Å². The molecule has 0 unspecified atom stereocenters. The van der Waals surface area contributed by atoms with E-state index >= 15 is 0 Å². The number of hydrogen-bond acceptors (Lipinski definition) is 2. The number of carbonyl (C=O) groups excluding carboxylic acids is 1. The predicted molar refractivity (Wildman–Crippen MR) is 70.5 cm³/mol. The maximum Gasteiger partial charge on any atom is 0.446 e. The number of thioether (sulfide) groups is 1. The number of carbonyl (C=O) groups is 1. The Kier molecular flexibility index (Phi) is 5.59. The molecule has 0 fully saturated rings. The summed E-state index contributed by atoms with van der Waals surface area (Å²) in [4.78, 5) is 11.2. The molecule has 1 aromatic rings. The molecule has 0 bridgehead atoms. The van der Waals surface area contributed by atoms with Gasteiger partial charge in [-0.05, 0) is 58.1 Å². The van der Waals surface area contributed by atoms with Gasteiger partial charge in [-0.25, -0.2) is 0 Å². The van der Waals surface area contributed by atoms with Crippen molar-refractivity contribution >= 4 is 51.7 Å². The van der Waals surface area contributed by atoms with E-state index < -0.39 is 5.51 Å². The summed E-state index contributed by atoms with van der Waals surface area (Å²) in [5, 5.41) is 0. The fourth-order valence-electron chi connectivity index (χ4n) is 1.14. The second-order valence-electron chi connectivity index (χ2n) is 3.15. The molecule has 0 aliphatic rings. The van der Waals surface area contributed by atoms with Crippen LogP contribution in [0.1, 0.15) is 5.56 Å². The number of halogens is 5. The number of ketones is 1. The zero-order valence-corrected chi connectivity index (χ0v) is 12.1. The third kappa shape index (κ3) is 5.48. The monoisotopic (exact) mass is 394 g/mol. The largest absolute Gasteiger partial charge is 0.446 e. The van der Waals surface area contributed by atoms with Crippen molar-refractivity contribution in [2.24, 2.45) is 0 Å². The molecule has 0 atom stereocenters. The third-order valence-corrected chi connectivity index (χ3v) is 3.86. The van der Waals surface area contributed by atoms with E-state index in [0.717, 1.165) is 3.57 Å². The summed E-state index contributed by atoms with van der Waals surface area (Å²) in [6, 6.07) is 4.32. The molecular formula is C10H7ClF3IOS. The van der Waals surface area contributed by atoms with Crippen molar-refractivity contribution in [2.75, 3.05) is 5.88 Å². The maximum absolute atomic E-state index is 12.2. The van der Waals surface area contributed by atoms with Gasteiger partial charge in [-0.1, -0.05) is 0 Å². The zero-order valence-electron chi connectivity index (χ0n) is 8.35. The Morgan fingerprint density at radius 3 is 2.59 bits per heavy atom. The van der Waals surface area contributed by atoms with E-state index in [1.807, 2.05) is 22.6 Å². The van der Waals surface area contributed by atoms with Gasteiger partial charge in [0.05, 0.1) is 5.88 Å². The second kappa shape index (κ2) is 6.29. The van der Waals surface area contributed by atoms with E-state index in [4.69, 9.17) is 11.6 Å². The van der Waals surface area contributed by atoms with Crippen molar-refractivity contribution in [3.05, 3.63) is 27.3 Å². The van der Waals surface area contributed by atoms with E-state index in [0.29, 0.717) is 5.56 Å². The summed E-state index contributed by atoms with van der Waals surface area (Å²) in [5.74, 6) is -0.342. The van der Waals surface area contributed by atoms with E-state index in [2.05, 4.69) is 0 Å². The van der Waals surface area contributed by atoms with Crippen molar-refractivity contribution in [3.8, 4) is 0 Å². The normalized spacial score (nSPS) is 11.6. The Balaban J connectivity index is 2.90. The highest BCUT2D eigenvalue weighted by Gasteiger charge is 2.29. The van der Waals surface area contributed by atoms with Crippen molar-refractivity contribution in [2.45, 2.75) is 16.8 Å². The van der Waals surface area contributed by atoms with Gasteiger partial charge >= 0.3 is 5.51 Å². The molecule has 1 nitrogen and oxygen atoms in total. The lowest BCUT2D eigenvalue weighted by molar-refractivity contribution is -0.116. The molecule has 1 aromatic carbocycles. The van der Waals surface area contributed by atoms with E-state index in [9.17, 15) is 18.0 Å². The number of alkyl halides is 4. The molecule has 0 aliphatic carbocycles. The standard InChI is InChI=1S/C10H7ClF3IOS/c11-5-7(16)3-6-4-8(1-2-9(6)15)17-10(12,13)14/h1-2,4H,3,5H2. The van der Waals surface area contributed by atoms with Crippen molar-refractivity contribution in [1.29, 1.82) is 0 Å². The van der Waals surface area contributed by atoms with Gasteiger partial charge in [0, 0.05) is 14.9 Å². The van der Waals surface area contributed by atoms with Crippen LogP contribution in [-0.4, -0.2) is 17.2 Å². The number of hydrogen-bond donors (Lipinski definition) is 0. The van der Waals surface area contributed by atoms with E-state index in [1.165, 1.54) is 12.1 Å². The lowest BCUT2D eigenvalue weighted by atomic mass is 10.1. The van der Waals surface area contributed by atoms with Gasteiger partial charge in [0.1, 0.15) is 0 Å². The van der Waals surface area contributed by atoms with Gasteiger partial charge in [-0.2, -0.15) is 13.2 Å². The smallest absolute Gasteiger partial charge is 0.298 e. The first-order valence-corrected chi connectivity index (χ1v) is 6.86. The molecule has 0 aliphatic heterocycles. The molecule has 0 spiro atoms. The summed E-state index contributed by atoms with van der Waals surface area (Å²) >= 11 is 7.15. The molecule has 0 radical (unpaired) electrons. The topological polar surface area (TPSA) is 17.1 Å². The summed E-state index contributed by atoms with van der Waals surface area (Å²) in [6.45, 7) is 0. The minimum absolute atomic E-state index is 0.0635. The van der Waals surface area contributed by atoms with Gasteiger partial charge in [0.15, 0.2) is 5.78 Å². The number of benzene rings is 1. The summed E-state index contributed by atoms with van der Waals surface area (Å²) in [5.41, 5.74) is -3.74. The second-order valence-corrected chi connectivity index (χ2v) is 5.72. The molecule has 1 rings (SSSR count). The lowest BCUT2D eigenvalue weighted by Gasteiger charge is -2.08. The van der Waals surface area contributed by atoms with Crippen LogP contribution >= 0.6 is 46.0 Å². The summed E-state index contributed by atoms with van der Waals surface area (Å²) in [7, 11) is 0. The van der Waals surface area contributed by atoms with Gasteiger partial charge in [-0.15, -0.1) is 11.6 Å². The Hall–Kier alpha value is 0.0500. The van der Waals surface area contributed by atoms with Crippen LogP contribution in [0.15, 0.2) is 23.1 Å². The average Bonchev–Trinajstić information content (AvgIpc) is 2.20. The van der Waals surface area contributed by atoms with Crippen LogP contribution < -0.4 is 0 Å². The molecule has 0 saturated carbocycles. The highest BCUT2D eigenvalue weighted by Crippen LogP contribution is 2.37. The summed E-state index contributed by atoms with van der Waals surface area (Å²) in [6.07, 6.45) is 0.0635. The van der Waals surface area contributed by atoms with Crippen LogP contribution in [-0.2, 0) is 11.2 Å². The Morgan fingerprint density at radius 2 is 2.06 bits per heavy atom. The van der Waals surface area contributed by atoms with Crippen LogP contribution in [0, 0.1) is 3.57 Å². The SMILES string of the molecule is O=C(CCl)Cc1cc(SC(F)(F)F)ccc1I. The molecule has 0 saturated heterocycles. The Labute approximate surface area is 119 Å². The van der Waals surface area contributed by atoms with Crippen LogP contribution in [0.3, 0.4) is 0 Å². The maximum atomic E-state index is 12.2. The van der Waals surface area contributed by atoms with Gasteiger partial charge in [0.25, 0.3) is 0 Å². The average molecular weight is 395 g/mol. The molecule has 0 heterocycles. The van der Waals surface area contributed by atoms with E-state index in [1.54, 1.807) is 6.07 Å². The van der Waals surface area contributed by atoms with E-state index in [-0.39, 0.29) is 34.7 Å². The molecule has 7 heteroatoms. The molecule has 0 aromatic heterocycles. The number of rotatable bonds is 4. The van der Waals surface area contributed by atoms with Gasteiger partial charge in [0.2, 0.25) is 0 Å². The fourth-order valence-corrected chi connectivity index (χ4v) is 2.37. The highest BCUT2D eigenvalue weighted by molar-refractivity contribution is 14.1. The molecule has 0 amide bonds. The number of Topliss-reactive ketones (excluding diaryl/α,β-unsaturated/α-hetero) is 1. The third-order valence-electron chi connectivity index (χ3n) is 1.79. The quantitative estimate of drug-likeness (QED) is 0.431. The predicted octanol–water partition coefficient (Wildman–Crippen LogP) is 4.25. The molecule has 17 heavy (non-hydrogen) atoms. The van der Waals surface area contributed by atoms with Crippen molar-refractivity contribution in [3.63, 3.8) is 0 Å². The Bertz CT molecular complexity index is 423. The molecule has 0 N–H and O–H groups in total. The minimum Gasteiger partial charge on any atom is -0.298 e. The van der Waals surface area contributed by atoms with Crippen LogP contribution in [0.4, 0.5) is 13.2 Å². The molecular weight excluding hydrogens is 388 g/mol. The highest BCUT2D eigenvalue weighted by atomic mass is 127. The minimum atomic E-state index is -4.32. The first-order chi connectivity index (χ1) is 7.81. The van der Waals surface area contributed by atoms with Crippen LogP contribution in [0.2, 0.25) is 0 Å². The van der Waals surface area contributed by atoms with Crippen molar-refractivity contribution in [1.82, 2.24) is 0 Å². The van der Waals surface area contributed by atoms with Gasteiger partial charge < -0.3 is 0 Å². The van der Waals surface area contributed by atoms with Crippen LogP contribution in [0.5, 0.6) is 0 Å². The Morgan fingerprint density at radius 1 is 1.41 bits per heavy atom. The molecule has 94 valence electrons. The first kappa shape index (κ1) is 15.1. The summed E-state index contributed by atoms with van der Waals surface area (Å²) < 4.78 is 37.3. The van der Waals surface area contributed by atoms with Gasteiger partial charge in [-0.3, -0.25) is 4.79 Å². The lowest BCUT2D eigenvalue weighted by Crippen LogP contribution is -2.06. The fraction of sp³-hybridized carbons (Fsp3) is 0.300. The first-order valence-electron chi connectivity index (χ1n) is 4.43.